The fourth-order valence-electron chi connectivity index (χ4n) is 3.76. The lowest BCUT2D eigenvalue weighted by atomic mass is 9.87. The summed E-state index contributed by atoms with van der Waals surface area (Å²) in [7, 11) is 0. The molecule has 3 rings (SSSR count). The highest BCUT2D eigenvalue weighted by atomic mass is 19.4. The van der Waals surface area contributed by atoms with Crippen LogP contribution in [0.3, 0.4) is 0 Å². The summed E-state index contributed by atoms with van der Waals surface area (Å²) in [5.74, 6) is -4.20. The molecule has 0 spiro atoms. The second kappa shape index (κ2) is 6.10. The average Bonchev–Trinajstić information content (AvgIpc) is 3.10. The molecule has 4 nitrogen and oxygen atoms in total. The Labute approximate surface area is 153 Å². The van der Waals surface area contributed by atoms with Crippen LogP contribution >= 0.6 is 0 Å². The van der Waals surface area contributed by atoms with E-state index in [1.54, 1.807) is 0 Å². The third kappa shape index (κ3) is 2.75. The zero-order valence-electron chi connectivity index (χ0n) is 14.2. The van der Waals surface area contributed by atoms with Crippen molar-refractivity contribution in [3.8, 4) is 0 Å². The van der Waals surface area contributed by atoms with E-state index in [1.807, 2.05) is 0 Å². The first kappa shape index (κ1) is 20.4. The summed E-state index contributed by atoms with van der Waals surface area (Å²) in [6.45, 7) is 1.46. The first-order valence-electron chi connectivity index (χ1n) is 8.12. The Morgan fingerprint density at radius 2 is 1.71 bits per heavy atom. The molecule has 0 radical (unpaired) electrons. The van der Waals surface area contributed by atoms with Crippen LogP contribution in [0.5, 0.6) is 0 Å². The van der Waals surface area contributed by atoms with Crippen LogP contribution in [-0.4, -0.2) is 33.1 Å². The molecule has 0 aliphatic carbocycles. The number of aliphatic carboxylic acids is 1. The van der Waals surface area contributed by atoms with Crippen LogP contribution in [0.25, 0.3) is 10.9 Å². The molecule has 2 unspecified atom stereocenters. The highest BCUT2D eigenvalue weighted by Crippen LogP contribution is 2.52. The number of hydrogen-bond donors (Lipinski definition) is 2. The number of nitrogens with zero attached hydrogens (tertiary/aromatic N) is 1. The van der Waals surface area contributed by atoms with E-state index in [0.717, 1.165) is 12.1 Å². The van der Waals surface area contributed by atoms with E-state index in [-0.39, 0.29) is 30.2 Å². The van der Waals surface area contributed by atoms with Crippen molar-refractivity contribution in [1.29, 1.82) is 0 Å². The molecular weight excluding hydrogens is 399 g/mol. The second-order valence-electron chi connectivity index (χ2n) is 6.84. The van der Waals surface area contributed by atoms with E-state index in [1.165, 1.54) is 11.5 Å². The molecule has 0 bridgehead atoms. The SMILES string of the molecule is CC(C(=O)O)C1CCn2c1cc1c(C(O)(C(F)(F)F)C(F)(F)F)cc(F)cc12. The topological polar surface area (TPSA) is 62.5 Å². The minimum atomic E-state index is -6.16. The van der Waals surface area contributed by atoms with E-state index in [9.17, 15) is 45.7 Å². The summed E-state index contributed by atoms with van der Waals surface area (Å²) >= 11 is 0. The highest BCUT2D eigenvalue weighted by molar-refractivity contribution is 5.87. The normalized spacial score (nSPS) is 19.1. The number of hydrogen-bond acceptors (Lipinski definition) is 2. The maximum Gasteiger partial charge on any atom is 0.430 e. The summed E-state index contributed by atoms with van der Waals surface area (Å²) in [5, 5.41) is 18.3. The standard InChI is InChI=1S/C17H14F7NO3/c1-7(14(26)27)9-2-3-25-12-5-8(18)4-11(10(12)6-13(9)25)15(28,16(19,20)21)17(22,23)24/h4-7,9,28H,2-3H2,1H3,(H,26,27). The number of aliphatic hydroxyl groups is 1. The molecule has 28 heavy (non-hydrogen) atoms. The maximum atomic E-state index is 14.0. The van der Waals surface area contributed by atoms with Crippen LogP contribution in [0.1, 0.15) is 30.5 Å². The molecule has 2 N–H and O–H groups in total. The van der Waals surface area contributed by atoms with Crippen molar-refractivity contribution in [3.05, 3.63) is 35.3 Å². The molecule has 1 aliphatic heterocycles. The van der Waals surface area contributed by atoms with E-state index < -0.39 is 52.5 Å². The average molecular weight is 413 g/mol. The largest absolute Gasteiger partial charge is 0.481 e. The molecular formula is C17H14F7NO3. The van der Waals surface area contributed by atoms with Gasteiger partial charge in [0.25, 0.3) is 5.60 Å². The predicted molar refractivity (Wildman–Crippen MR) is 82.1 cm³/mol. The number of carboxylic acid groups (broad SMARTS) is 1. The van der Waals surface area contributed by atoms with E-state index in [0.29, 0.717) is 0 Å². The first-order chi connectivity index (χ1) is 12.7. The molecule has 0 saturated heterocycles. The van der Waals surface area contributed by atoms with Crippen LogP contribution in [0, 0.1) is 11.7 Å². The number of alkyl halides is 6. The van der Waals surface area contributed by atoms with Crippen LogP contribution in [-0.2, 0) is 16.9 Å². The Morgan fingerprint density at radius 3 is 2.21 bits per heavy atom. The minimum Gasteiger partial charge on any atom is -0.481 e. The van der Waals surface area contributed by atoms with Crippen LogP contribution in [0.15, 0.2) is 18.2 Å². The number of aryl methyl sites for hydroxylation is 1. The van der Waals surface area contributed by atoms with Gasteiger partial charge in [0.15, 0.2) is 0 Å². The van der Waals surface area contributed by atoms with Gasteiger partial charge in [-0.15, -0.1) is 0 Å². The highest BCUT2D eigenvalue weighted by Gasteiger charge is 2.72. The molecule has 0 saturated carbocycles. The molecule has 1 aromatic carbocycles. The van der Waals surface area contributed by atoms with Gasteiger partial charge >= 0.3 is 18.3 Å². The number of aromatic nitrogens is 1. The number of carboxylic acids is 1. The molecule has 154 valence electrons. The van der Waals surface area contributed by atoms with Crippen molar-refractivity contribution < 1.29 is 45.7 Å². The fraction of sp³-hybridized carbons (Fsp3) is 0.471. The van der Waals surface area contributed by atoms with Gasteiger partial charge in [-0.2, -0.15) is 26.3 Å². The van der Waals surface area contributed by atoms with Crippen molar-refractivity contribution in [1.82, 2.24) is 4.57 Å². The van der Waals surface area contributed by atoms with E-state index in [2.05, 4.69) is 0 Å². The molecule has 2 aromatic rings. The van der Waals surface area contributed by atoms with Crippen molar-refractivity contribution in [2.75, 3.05) is 0 Å². The van der Waals surface area contributed by atoms with Crippen molar-refractivity contribution in [3.63, 3.8) is 0 Å². The zero-order valence-corrected chi connectivity index (χ0v) is 14.2. The Kier molecular flexibility index (Phi) is 4.45. The van der Waals surface area contributed by atoms with E-state index in [4.69, 9.17) is 0 Å². The minimum absolute atomic E-state index is 0.00860. The Bertz CT molecular complexity index is 931. The number of benzene rings is 1. The van der Waals surface area contributed by atoms with Crippen LogP contribution in [0.4, 0.5) is 30.7 Å². The van der Waals surface area contributed by atoms with Gasteiger partial charge in [-0.25, -0.2) is 4.39 Å². The molecule has 11 heteroatoms. The number of rotatable bonds is 3. The van der Waals surface area contributed by atoms with E-state index >= 15 is 0 Å². The molecule has 2 heterocycles. The van der Waals surface area contributed by atoms with Crippen molar-refractivity contribution in [2.45, 2.75) is 43.8 Å². The van der Waals surface area contributed by atoms with Gasteiger partial charge < -0.3 is 14.8 Å². The van der Waals surface area contributed by atoms with Crippen molar-refractivity contribution in [2.24, 2.45) is 5.92 Å². The van der Waals surface area contributed by atoms with Gasteiger partial charge in [0.05, 0.1) is 11.4 Å². The maximum absolute atomic E-state index is 14.0. The third-order valence-corrected chi connectivity index (χ3v) is 5.26. The number of carbonyl (C=O) groups is 1. The summed E-state index contributed by atoms with van der Waals surface area (Å²) in [6.07, 6.45) is -12.0. The van der Waals surface area contributed by atoms with Crippen molar-refractivity contribution >= 4 is 16.9 Å². The van der Waals surface area contributed by atoms with Gasteiger partial charge in [0.2, 0.25) is 0 Å². The van der Waals surface area contributed by atoms with Gasteiger partial charge in [0.1, 0.15) is 5.82 Å². The summed E-state index contributed by atoms with van der Waals surface area (Å²) in [5.41, 5.74) is -7.04. The Balaban J connectivity index is 2.32. The lowest BCUT2D eigenvalue weighted by molar-refractivity contribution is -0.375. The molecule has 1 aliphatic rings. The van der Waals surface area contributed by atoms with Gasteiger partial charge in [0, 0.05) is 29.1 Å². The fourth-order valence-corrected chi connectivity index (χ4v) is 3.76. The zero-order chi connectivity index (χ0) is 21.2. The van der Waals surface area contributed by atoms with Gasteiger partial charge in [-0.1, -0.05) is 6.92 Å². The lowest BCUT2D eigenvalue weighted by Gasteiger charge is -2.33. The molecule has 0 amide bonds. The summed E-state index contributed by atoms with van der Waals surface area (Å²) in [6, 6.07) is 1.75. The third-order valence-electron chi connectivity index (χ3n) is 5.26. The summed E-state index contributed by atoms with van der Waals surface area (Å²) in [4.78, 5) is 11.2. The monoisotopic (exact) mass is 413 g/mol. The Morgan fingerprint density at radius 1 is 1.14 bits per heavy atom. The smallest absolute Gasteiger partial charge is 0.430 e. The molecule has 1 aromatic heterocycles. The number of fused-ring (bicyclic) bond motifs is 3. The summed E-state index contributed by atoms with van der Waals surface area (Å²) < 4.78 is 95.0. The lowest BCUT2D eigenvalue weighted by Crippen LogP contribution is -2.54. The quantitative estimate of drug-likeness (QED) is 0.738. The Hall–Kier alpha value is -2.30. The first-order valence-corrected chi connectivity index (χ1v) is 8.12. The van der Waals surface area contributed by atoms with Crippen LogP contribution in [0.2, 0.25) is 0 Å². The predicted octanol–water partition coefficient (Wildman–Crippen LogP) is 4.30. The molecule has 2 atom stereocenters. The van der Waals surface area contributed by atoms with Crippen LogP contribution < -0.4 is 0 Å². The second-order valence-corrected chi connectivity index (χ2v) is 6.84. The van der Waals surface area contributed by atoms with Gasteiger partial charge in [-0.05, 0) is 24.6 Å². The molecule has 0 fully saturated rings. The number of halogens is 7. The van der Waals surface area contributed by atoms with Gasteiger partial charge in [-0.3, -0.25) is 4.79 Å².